The molecule has 108 valence electrons. The van der Waals surface area contributed by atoms with Crippen molar-refractivity contribution in [1.29, 1.82) is 0 Å². The van der Waals surface area contributed by atoms with E-state index in [1.54, 1.807) is 0 Å². The van der Waals surface area contributed by atoms with Crippen molar-refractivity contribution in [2.75, 3.05) is 20.2 Å². The Labute approximate surface area is 114 Å². The van der Waals surface area contributed by atoms with Gasteiger partial charge in [0.1, 0.15) is 0 Å². The molecule has 0 radical (unpaired) electrons. The fourth-order valence-corrected chi connectivity index (χ4v) is 2.96. The van der Waals surface area contributed by atoms with E-state index in [1.165, 1.54) is 26.4 Å². The number of rotatable bonds is 4. The van der Waals surface area contributed by atoms with Gasteiger partial charge in [-0.2, -0.15) is 0 Å². The van der Waals surface area contributed by atoms with Crippen LogP contribution in [0.4, 0.5) is 4.79 Å². The smallest absolute Gasteiger partial charge is 0.407 e. The van der Waals surface area contributed by atoms with Gasteiger partial charge in [-0.3, -0.25) is 4.79 Å². The molecule has 1 aliphatic heterocycles. The van der Waals surface area contributed by atoms with Crippen molar-refractivity contribution in [3.63, 3.8) is 0 Å². The lowest BCUT2D eigenvalue weighted by atomic mass is 9.89. The molecule has 1 aliphatic carbocycles. The van der Waals surface area contributed by atoms with Crippen LogP contribution < -0.4 is 5.32 Å². The molecular formula is C14H24N2O3. The van der Waals surface area contributed by atoms with Gasteiger partial charge in [-0.05, 0) is 24.7 Å². The summed E-state index contributed by atoms with van der Waals surface area (Å²) >= 11 is 0. The molecule has 1 N–H and O–H groups in total. The largest absolute Gasteiger partial charge is 0.453 e. The van der Waals surface area contributed by atoms with E-state index in [1.807, 2.05) is 11.8 Å². The fourth-order valence-electron chi connectivity index (χ4n) is 2.96. The van der Waals surface area contributed by atoms with E-state index in [0.717, 1.165) is 18.9 Å². The quantitative estimate of drug-likeness (QED) is 0.845. The predicted octanol–water partition coefficient (Wildman–Crippen LogP) is 1.77. The zero-order valence-electron chi connectivity index (χ0n) is 11.9. The Balaban J connectivity index is 1.93. The summed E-state index contributed by atoms with van der Waals surface area (Å²) in [7, 11) is 1.37. The Hall–Kier alpha value is -1.26. The van der Waals surface area contributed by atoms with E-state index in [2.05, 4.69) is 10.1 Å². The van der Waals surface area contributed by atoms with Crippen LogP contribution in [0.3, 0.4) is 0 Å². The van der Waals surface area contributed by atoms with Crippen LogP contribution in [0.15, 0.2) is 0 Å². The lowest BCUT2D eigenvalue weighted by Crippen LogP contribution is -2.52. The van der Waals surface area contributed by atoms with Crippen molar-refractivity contribution in [3.8, 4) is 0 Å². The molecule has 0 aromatic rings. The number of likely N-dealkylation sites (tertiary alicyclic amines) is 1. The van der Waals surface area contributed by atoms with Gasteiger partial charge in [0.15, 0.2) is 0 Å². The minimum atomic E-state index is -0.402. The summed E-state index contributed by atoms with van der Waals surface area (Å²) in [6.45, 7) is 3.35. The second-order valence-electron chi connectivity index (χ2n) is 5.77. The number of carbonyl (C=O) groups excluding carboxylic acids is 2. The highest BCUT2D eigenvalue weighted by atomic mass is 16.5. The number of carbonyl (C=O) groups is 2. The van der Waals surface area contributed by atoms with Crippen molar-refractivity contribution < 1.29 is 14.3 Å². The average Bonchev–Trinajstić information content (AvgIpc) is 3.21. The van der Waals surface area contributed by atoms with E-state index in [-0.39, 0.29) is 11.9 Å². The molecule has 2 aliphatic rings. The SMILES string of the molecule is CCC(=O)N1CC(CC2CC2)CC(NC(=O)OC)C1. The van der Waals surface area contributed by atoms with Crippen molar-refractivity contribution in [3.05, 3.63) is 0 Å². The molecule has 19 heavy (non-hydrogen) atoms. The number of hydrogen-bond donors (Lipinski definition) is 1. The van der Waals surface area contributed by atoms with Gasteiger partial charge in [-0.1, -0.05) is 19.8 Å². The van der Waals surface area contributed by atoms with Crippen molar-refractivity contribution >= 4 is 12.0 Å². The van der Waals surface area contributed by atoms with E-state index in [4.69, 9.17) is 0 Å². The van der Waals surface area contributed by atoms with Crippen LogP contribution in [0, 0.1) is 11.8 Å². The highest BCUT2D eigenvalue weighted by Crippen LogP contribution is 2.37. The molecule has 1 saturated heterocycles. The minimum absolute atomic E-state index is 0.0282. The Morgan fingerprint density at radius 3 is 2.58 bits per heavy atom. The minimum Gasteiger partial charge on any atom is -0.453 e. The van der Waals surface area contributed by atoms with E-state index in [9.17, 15) is 9.59 Å². The van der Waals surface area contributed by atoms with Crippen LogP contribution in [0.5, 0.6) is 0 Å². The molecule has 0 aromatic carbocycles. The third-order valence-electron chi connectivity index (χ3n) is 4.06. The number of nitrogens with zero attached hydrogens (tertiary/aromatic N) is 1. The Morgan fingerprint density at radius 2 is 2.00 bits per heavy atom. The van der Waals surface area contributed by atoms with Gasteiger partial charge in [0.05, 0.1) is 13.2 Å². The second-order valence-corrected chi connectivity index (χ2v) is 5.77. The highest BCUT2D eigenvalue weighted by molar-refractivity contribution is 5.76. The molecule has 0 bridgehead atoms. The predicted molar refractivity (Wildman–Crippen MR) is 71.6 cm³/mol. The first-order valence-electron chi connectivity index (χ1n) is 7.24. The van der Waals surface area contributed by atoms with Gasteiger partial charge in [-0.15, -0.1) is 0 Å². The second kappa shape index (κ2) is 6.26. The average molecular weight is 268 g/mol. The van der Waals surface area contributed by atoms with Crippen LogP contribution in [0.25, 0.3) is 0 Å². The Kier molecular flexibility index (Phi) is 4.66. The summed E-state index contributed by atoms with van der Waals surface area (Å²) in [4.78, 5) is 25.1. The van der Waals surface area contributed by atoms with E-state index in [0.29, 0.717) is 18.9 Å². The van der Waals surface area contributed by atoms with Crippen LogP contribution in [-0.2, 0) is 9.53 Å². The van der Waals surface area contributed by atoms with Crippen molar-refractivity contribution in [2.24, 2.45) is 11.8 Å². The first-order valence-corrected chi connectivity index (χ1v) is 7.24. The molecule has 2 unspecified atom stereocenters. The maximum absolute atomic E-state index is 11.9. The summed E-state index contributed by atoms with van der Waals surface area (Å²) in [5, 5.41) is 2.85. The summed E-state index contributed by atoms with van der Waals surface area (Å²) < 4.78 is 4.65. The van der Waals surface area contributed by atoms with Crippen molar-refractivity contribution in [1.82, 2.24) is 10.2 Å². The zero-order valence-corrected chi connectivity index (χ0v) is 11.9. The molecule has 1 saturated carbocycles. The molecule has 1 heterocycles. The number of hydrogen-bond acceptors (Lipinski definition) is 3. The van der Waals surface area contributed by atoms with Crippen LogP contribution in [0.2, 0.25) is 0 Å². The van der Waals surface area contributed by atoms with Crippen LogP contribution in [0.1, 0.15) is 39.0 Å². The molecule has 2 fully saturated rings. The Morgan fingerprint density at radius 1 is 1.26 bits per heavy atom. The van der Waals surface area contributed by atoms with Gasteiger partial charge < -0.3 is 15.0 Å². The number of amides is 2. The number of methoxy groups -OCH3 is 1. The standard InChI is InChI=1S/C14H24N2O3/c1-3-13(17)16-8-11(6-10-4-5-10)7-12(9-16)15-14(18)19-2/h10-12H,3-9H2,1-2H3,(H,15,18). The monoisotopic (exact) mass is 268 g/mol. The maximum Gasteiger partial charge on any atom is 0.407 e. The first-order chi connectivity index (χ1) is 9.12. The fraction of sp³-hybridized carbons (Fsp3) is 0.857. The number of nitrogens with one attached hydrogen (secondary N) is 1. The van der Waals surface area contributed by atoms with Crippen LogP contribution >= 0.6 is 0 Å². The zero-order chi connectivity index (χ0) is 13.8. The van der Waals surface area contributed by atoms with E-state index < -0.39 is 6.09 Å². The lowest BCUT2D eigenvalue weighted by Gasteiger charge is -2.38. The number of piperidine rings is 1. The maximum atomic E-state index is 11.9. The van der Waals surface area contributed by atoms with E-state index >= 15 is 0 Å². The summed E-state index contributed by atoms with van der Waals surface area (Å²) in [5.41, 5.74) is 0. The normalized spacial score (nSPS) is 26.9. The molecule has 5 heteroatoms. The molecular weight excluding hydrogens is 244 g/mol. The van der Waals surface area contributed by atoms with Gasteiger partial charge >= 0.3 is 6.09 Å². The first kappa shape index (κ1) is 14.2. The summed E-state index contributed by atoms with van der Waals surface area (Å²) in [6.07, 6.45) is 4.93. The molecule has 2 amide bonds. The Bertz CT molecular complexity index is 342. The molecule has 0 aromatic heterocycles. The highest BCUT2D eigenvalue weighted by Gasteiger charge is 2.34. The van der Waals surface area contributed by atoms with Crippen LogP contribution in [-0.4, -0.2) is 43.1 Å². The van der Waals surface area contributed by atoms with Crippen molar-refractivity contribution in [2.45, 2.75) is 45.1 Å². The summed E-state index contributed by atoms with van der Waals surface area (Å²) in [5.74, 6) is 1.54. The van der Waals surface area contributed by atoms with Gasteiger partial charge in [0.25, 0.3) is 0 Å². The number of ether oxygens (including phenoxy) is 1. The number of alkyl carbamates (subject to hydrolysis) is 1. The van der Waals surface area contributed by atoms with Gasteiger partial charge in [-0.25, -0.2) is 4.79 Å². The molecule has 2 atom stereocenters. The topological polar surface area (TPSA) is 58.6 Å². The molecule has 5 nitrogen and oxygen atoms in total. The third kappa shape index (κ3) is 4.11. The molecule has 2 rings (SSSR count). The van der Waals surface area contributed by atoms with Gasteiger partial charge in [0.2, 0.25) is 5.91 Å². The summed E-state index contributed by atoms with van der Waals surface area (Å²) in [6, 6.07) is 0.0282. The molecule has 0 spiro atoms. The lowest BCUT2D eigenvalue weighted by molar-refractivity contribution is -0.133. The third-order valence-corrected chi connectivity index (χ3v) is 4.06. The van der Waals surface area contributed by atoms with Gasteiger partial charge in [0, 0.05) is 19.5 Å².